The third-order valence-electron chi connectivity index (χ3n) is 0. The van der Waals surface area contributed by atoms with Crippen LogP contribution in [-0.2, 0) is 0 Å². The molecule has 138 valence electrons. The normalized spacial score (nSPS) is 9.62. The number of rotatable bonds is 0. The topological polar surface area (TPSA) is 0 Å². The van der Waals surface area contributed by atoms with Crippen LogP contribution in [0, 0.1) is 0 Å². The van der Waals surface area contributed by atoms with E-state index in [1.165, 1.54) is 14.9 Å². The van der Waals surface area contributed by atoms with Gasteiger partial charge in [0.1, 0.15) is 0 Å². The summed E-state index contributed by atoms with van der Waals surface area (Å²) in [5.41, 5.74) is 0. The van der Waals surface area contributed by atoms with Crippen LogP contribution in [0.1, 0.15) is 83.1 Å². The molecule has 0 rings (SSSR count). The van der Waals surface area contributed by atoms with Crippen LogP contribution in [0.4, 0.5) is 0 Å². The van der Waals surface area contributed by atoms with E-state index in [1.807, 2.05) is 0 Å². The van der Waals surface area contributed by atoms with Crippen molar-refractivity contribution in [1.82, 2.24) is 0 Å². The fourth-order valence-electron chi connectivity index (χ4n) is 0. The standard InChI is InChI=1S/3C4H9As.3C2H5.3Ga/c3*1-4(2,3)5;3*1-2;;;/h3*1-3H3;3*1H2,2H3;;;. The van der Waals surface area contributed by atoms with Gasteiger partial charge < -0.3 is 0 Å². The molecule has 0 heterocycles. The minimum absolute atomic E-state index is 0.438. The van der Waals surface area contributed by atoms with Crippen LogP contribution >= 0.6 is 0 Å². The van der Waals surface area contributed by atoms with E-state index >= 15 is 0 Å². The Kier molecular flexibility index (Phi) is 50.2. The Balaban J connectivity index is -0.0000000413. The van der Waals surface area contributed by atoms with E-state index in [2.05, 4.69) is 134 Å². The molecule has 6 heteroatoms. The summed E-state index contributed by atoms with van der Waals surface area (Å²) in [6.45, 7) is 25.9. The third kappa shape index (κ3) is 1200. The minimum atomic E-state index is 0.438. The maximum atomic E-state index is 2.58. The van der Waals surface area contributed by atoms with Gasteiger partial charge in [-0.25, -0.2) is 0 Å². The number of hydrogen-bond acceptors (Lipinski definition) is 0. The molecule has 0 aromatic rings. The van der Waals surface area contributed by atoms with Crippen molar-refractivity contribution < 1.29 is 0 Å². The van der Waals surface area contributed by atoms with Crippen LogP contribution < -0.4 is 0 Å². The Morgan fingerprint density at radius 2 is 0.458 bits per heavy atom. The fourth-order valence-corrected chi connectivity index (χ4v) is 0. The van der Waals surface area contributed by atoms with Crippen molar-refractivity contribution in [2.24, 2.45) is 0 Å². The summed E-state index contributed by atoms with van der Waals surface area (Å²) in [7, 11) is 0. The van der Waals surface area contributed by atoms with E-state index in [9.17, 15) is 0 Å². The molecule has 0 aliphatic carbocycles. The van der Waals surface area contributed by atoms with Crippen molar-refractivity contribution in [2.45, 2.75) is 111 Å². The molecule has 0 saturated carbocycles. The maximum absolute atomic E-state index is 2.58. The van der Waals surface area contributed by atoms with Crippen molar-refractivity contribution in [3.8, 4) is 0 Å². The molecule has 0 amide bonds. The molecule has 0 spiro atoms. The molecule has 0 aliphatic heterocycles. The first-order chi connectivity index (χ1) is 10.2. The SMILES string of the molecule is CC(C)(C)[As].CC(C)(C)[As].CC(C)(C)[As].C[CH2][Ga].C[CH2][Ga].C[CH2][Ga]. The third-order valence-corrected chi connectivity index (χ3v) is 0. The number of hydrogen-bond donors (Lipinski definition) is 0. The van der Waals surface area contributed by atoms with Gasteiger partial charge in [-0.2, -0.15) is 0 Å². The van der Waals surface area contributed by atoms with Gasteiger partial charge in [0.25, 0.3) is 0 Å². The molecular formula is C18H42As3Ga3. The molecule has 0 aromatic carbocycles. The summed E-state index contributed by atoms with van der Waals surface area (Å²) in [5, 5.41) is 0. The van der Waals surface area contributed by atoms with E-state index in [0.29, 0.717) is 12.6 Å². The second-order valence-corrected chi connectivity index (χ2v) is 21.3. The van der Waals surface area contributed by atoms with E-state index in [-0.39, 0.29) is 0 Å². The molecule has 0 saturated heterocycles. The average Bonchev–Trinajstić information content (AvgIpc) is 2.10. The molecule has 0 aromatic heterocycles. The predicted molar refractivity (Wildman–Crippen MR) is 125 cm³/mol. The molecule has 12 radical (unpaired) electrons. The van der Waals surface area contributed by atoms with E-state index in [1.54, 1.807) is 55.8 Å². The molecule has 24 heavy (non-hydrogen) atoms. The van der Waals surface area contributed by atoms with Crippen LogP contribution in [0.5, 0.6) is 0 Å². The molecule has 0 bridgehead atoms. The average molecular weight is 692 g/mol. The van der Waals surface area contributed by atoms with Gasteiger partial charge >= 0.3 is 217 Å². The first kappa shape index (κ1) is 41.8. The van der Waals surface area contributed by atoms with Crippen LogP contribution in [-0.4, -0.2) is 106 Å². The molecule has 0 atom stereocenters. The van der Waals surface area contributed by atoms with Gasteiger partial charge in [0.15, 0.2) is 0 Å². The zero-order valence-corrected chi connectivity index (χ0v) is 31.6. The summed E-state index contributed by atoms with van der Waals surface area (Å²) in [6.07, 6.45) is 0. The van der Waals surface area contributed by atoms with Crippen molar-refractivity contribution in [3.05, 3.63) is 0 Å². The molecule has 0 fully saturated rings. The van der Waals surface area contributed by atoms with Crippen LogP contribution in [0.15, 0.2) is 0 Å². The molecule has 0 nitrogen and oxygen atoms in total. The Bertz CT molecular complexity index is 130. The monoisotopic (exact) mass is 690 g/mol. The van der Waals surface area contributed by atoms with E-state index in [0.717, 1.165) is 0 Å². The quantitative estimate of drug-likeness (QED) is 0.278. The second-order valence-electron chi connectivity index (χ2n) is 7.74. The van der Waals surface area contributed by atoms with E-state index in [4.69, 9.17) is 0 Å². The summed E-state index contributed by atoms with van der Waals surface area (Å²) in [5.74, 6) is 0. The molecule has 0 aliphatic rings. The van der Waals surface area contributed by atoms with Crippen molar-refractivity contribution >= 4 is 106 Å². The van der Waals surface area contributed by atoms with Gasteiger partial charge in [0.05, 0.1) is 0 Å². The predicted octanol–water partition coefficient (Wildman–Crippen LogP) is 5.90. The van der Waals surface area contributed by atoms with Gasteiger partial charge in [-0.3, -0.25) is 0 Å². The molecule has 0 unspecified atom stereocenters. The van der Waals surface area contributed by atoms with Crippen LogP contribution in [0.2, 0.25) is 27.5 Å². The van der Waals surface area contributed by atoms with Gasteiger partial charge in [0, 0.05) is 0 Å². The Morgan fingerprint density at radius 3 is 0.458 bits per heavy atom. The summed E-state index contributed by atoms with van der Waals surface area (Å²) < 4.78 is 1.31. The van der Waals surface area contributed by atoms with Crippen molar-refractivity contribution in [1.29, 1.82) is 0 Å². The van der Waals surface area contributed by atoms with Gasteiger partial charge in [-0.15, -0.1) is 0 Å². The molecule has 0 N–H and O–H groups in total. The van der Waals surface area contributed by atoms with Crippen molar-refractivity contribution in [3.63, 3.8) is 0 Å². The zero-order valence-electron chi connectivity index (χ0n) is 18.7. The molecular weight excluding hydrogens is 650 g/mol. The first-order valence-corrected chi connectivity index (χ1v) is 16.5. The van der Waals surface area contributed by atoms with Gasteiger partial charge in [-0.05, 0) is 0 Å². The second kappa shape index (κ2) is 28.8. The van der Waals surface area contributed by atoms with Crippen LogP contribution in [0.3, 0.4) is 0 Å². The van der Waals surface area contributed by atoms with E-state index < -0.39 is 0 Å². The van der Waals surface area contributed by atoms with Crippen molar-refractivity contribution in [2.75, 3.05) is 0 Å². The fraction of sp³-hybridized carbons (Fsp3) is 1.00. The van der Waals surface area contributed by atoms with Crippen LogP contribution in [0.25, 0.3) is 0 Å². The van der Waals surface area contributed by atoms with Gasteiger partial charge in [0.2, 0.25) is 0 Å². The Hall–Kier alpha value is 3.58. The summed E-state index contributed by atoms with van der Waals surface area (Å²) in [6, 6.07) is 0. The Labute approximate surface area is 214 Å². The zero-order chi connectivity index (χ0) is 21.6. The van der Waals surface area contributed by atoms with Gasteiger partial charge in [-0.1, -0.05) is 0 Å². The summed E-state index contributed by atoms with van der Waals surface area (Å²) in [4.78, 5) is 3.94. The summed E-state index contributed by atoms with van der Waals surface area (Å²) >= 11 is 13.1. The Morgan fingerprint density at radius 1 is 0.458 bits per heavy atom. The first-order valence-electron chi connectivity index (χ1n) is 8.52.